The van der Waals surface area contributed by atoms with Gasteiger partial charge in [-0.3, -0.25) is 4.72 Å². The molecule has 0 saturated carbocycles. The van der Waals surface area contributed by atoms with Crippen LogP contribution in [-0.4, -0.2) is 21.2 Å². The molecular formula is C15H13F4NO3S. The van der Waals surface area contributed by atoms with E-state index in [4.69, 9.17) is 0 Å². The Morgan fingerprint density at radius 2 is 1.79 bits per heavy atom. The minimum Gasteiger partial charge on any atom is -0.482 e. The predicted molar refractivity (Wildman–Crippen MR) is 79.9 cm³/mol. The van der Waals surface area contributed by atoms with E-state index >= 15 is 0 Å². The van der Waals surface area contributed by atoms with Crippen LogP contribution in [-0.2, 0) is 10.0 Å². The quantitative estimate of drug-likeness (QED) is 0.821. The number of aryl methyl sites for hydroxylation is 1. The zero-order valence-corrected chi connectivity index (χ0v) is 13.2. The number of halogens is 4. The monoisotopic (exact) mass is 363 g/mol. The SMILES string of the molecule is Cc1cc(F)ccc1S(=O)(=O)Nc1ccccc1OCC(F)(F)F. The number of ether oxygens (including phenoxy) is 1. The number of benzene rings is 2. The molecule has 0 bridgehead atoms. The Bertz CT molecular complexity index is 835. The first-order valence-corrected chi connectivity index (χ1v) is 8.14. The molecule has 0 atom stereocenters. The Kier molecular flexibility index (Phi) is 5.02. The van der Waals surface area contributed by atoms with Crippen molar-refractivity contribution in [2.75, 3.05) is 11.3 Å². The lowest BCUT2D eigenvalue weighted by atomic mass is 10.2. The molecule has 0 aliphatic rings. The number of hydrogen-bond donors (Lipinski definition) is 1. The van der Waals surface area contributed by atoms with Crippen molar-refractivity contribution in [2.45, 2.75) is 18.0 Å². The van der Waals surface area contributed by atoms with Gasteiger partial charge >= 0.3 is 6.18 Å². The van der Waals surface area contributed by atoms with Crippen LogP contribution >= 0.6 is 0 Å². The van der Waals surface area contributed by atoms with E-state index in [1.807, 2.05) is 0 Å². The second-order valence-corrected chi connectivity index (χ2v) is 6.57. The molecule has 0 aliphatic carbocycles. The molecule has 0 aromatic heterocycles. The first-order chi connectivity index (χ1) is 11.1. The summed E-state index contributed by atoms with van der Waals surface area (Å²) >= 11 is 0. The Labute approximate surface area is 136 Å². The van der Waals surface area contributed by atoms with Gasteiger partial charge in [0.15, 0.2) is 6.61 Å². The van der Waals surface area contributed by atoms with Crippen molar-refractivity contribution < 1.29 is 30.7 Å². The third-order valence-corrected chi connectivity index (χ3v) is 4.47. The maximum absolute atomic E-state index is 13.1. The molecule has 0 fully saturated rings. The van der Waals surface area contributed by atoms with Crippen LogP contribution < -0.4 is 9.46 Å². The second-order valence-electron chi connectivity index (χ2n) is 4.92. The van der Waals surface area contributed by atoms with Crippen LogP contribution in [0.25, 0.3) is 0 Å². The van der Waals surface area contributed by atoms with E-state index < -0.39 is 28.6 Å². The second kappa shape index (κ2) is 6.68. The highest BCUT2D eigenvalue weighted by Crippen LogP contribution is 2.29. The molecule has 0 heterocycles. The lowest BCUT2D eigenvalue weighted by molar-refractivity contribution is -0.153. The van der Waals surface area contributed by atoms with Gasteiger partial charge in [-0.2, -0.15) is 13.2 Å². The van der Waals surface area contributed by atoms with Crippen LogP contribution in [0, 0.1) is 12.7 Å². The molecule has 0 aliphatic heterocycles. The van der Waals surface area contributed by atoms with Gasteiger partial charge in [0.1, 0.15) is 11.6 Å². The summed E-state index contributed by atoms with van der Waals surface area (Å²) in [4.78, 5) is -0.186. The van der Waals surface area contributed by atoms with Gasteiger partial charge in [-0.25, -0.2) is 12.8 Å². The molecule has 0 radical (unpaired) electrons. The number of hydrogen-bond acceptors (Lipinski definition) is 3. The standard InChI is InChI=1S/C15H13F4NO3S/c1-10-8-11(16)6-7-14(10)24(21,22)20-12-4-2-3-5-13(12)23-9-15(17,18)19/h2-8,20H,9H2,1H3. The van der Waals surface area contributed by atoms with E-state index in [0.717, 1.165) is 18.2 Å². The summed E-state index contributed by atoms with van der Waals surface area (Å²) in [5.74, 6) is -0.862. The normalized spacial score (nSPS) is 12.0. The molecule has 9 heteroatoms. The summed E-state index contributed by atoms with van der Waals surface area (Å²) in [6, 6.07) is 8.42. The molecule has 0 unspecified atom stereocenters. The van der Waals surface area contributed by atoms with Gasteiger partial charge < -0.3 is 4.74 Å². The van der Waals surface area contributed by atoms with Gasteiger partial charge in [-0.05, 0) is 42.8 Å². The summed E-state index contributed by atoms with van der Waals surface area (Å²) in [5.41, 5.74) is 0.0154. The van der Waals surface area contributed by atoms with Gasteiger partial charge in [-0.1, -0.05) is 12.1 Å². The zero-order valence-electron chi connectivity index (χ0n) is 12.4. The molecule has 2 rings (SSSR count). The van der Waals surface area contributed by atoms with E-state index in [-0.39, 0.29) is 21.9 Å². The van der Waals surface area contributed by atoms with Crippen molar-refractivity contribution in [2.24, 2.45) is 0 Å². The van der Waals surface area contributed by atoms with Crippen LogP contribution in [0.3, 0.4) is 0 Å². The molecule has 4 nitrogen and oxygen atoms in total. The van der Waals surface area contributed by atoms with Crippen LogP contribution in [0.15, 0.2) is 47.4 Å². The molecule has 2 aromatic rings. The van der Waals surface area contributed by atoms with Crippen molar-refractivity contribution in [1.29, 1.82) is 0 Å². The lowest BCUT2D eigenvalue weighted by Crippen LogP contribution is -2.20. The number of nitrogens with one attached hydrogen (secondary N) is 1. The van der Waals surface area contributed by atoms with Crippen molar-refractivity contribution in [3.05, 3.63) is 53.8 Å². The molecule has 130 valence electrons. The average molecular weight is 363 g/mol. The first kappa shape index (κ1) is 18.1. The van der Waals surface area contributed by atoms with E-state index in [9.17, 15) is 26.0 Å². The Hall–Kier alpha value is -2.29. The number of para-hydroxylation sites is 2. The zero-order chi connectivity index (χ0) is 18.0. The van der Waals surface area contributed by atoms with E-state index in [2.05, 4.69) is 9.46 Å². The molecule has 24 heavy (non-hydrogen) atoms. The number of alkyl halides is 3. The number of anilines is 1. The predicted octanol–water partition coefficient (Wildman–Crippen LogP) is 3.88. The third-order valence-electron chi connectivity index (χ3n) is 2.95. The molecule has 0 saturated heterocycles. The molecule has 2 aromatic carbocycles. The minimum atomic E-state index is -4.56. The highest BCUT2D eigenvalue weighted by atomic mass is 32.2. The Morgan fingerprint density at radius 1 is 1.12 bits per heavy atom. The number of rotatable bonds is 5. The van der Waals surface area contributed by atoms with Gasteiger partial charge in [0.05, 0.1) is 10.6 Å². The fraction of sp³-hybridized carbons (Fsp3) is 0.200. The molecule has 0 amide bonds. The number of sulfonamides is 1. The van der Waals surface area contributed by atoms with E-state index in [0.29, 0.717) is 0 Å². The smallest absolute Gasteiger partial charge is 0.422 e. The minimum absolute atomic E-state index is 0.148. The highest BCUT2D eigenvalue weighted by Gasteiger charge is 2.29. The highest BCUT2D eigenvalue weighted by molar-refractivity contribution is 7.92. The summed E-state index contributed by atoms with van der Waals surface area (Å²) in [6.07, 6.45) is -4.56. The molecule has 1 N–H and O–H groups in total. The van der Waals surface area contributed by atoms with Crippen LogP contribution in [0.2, 0.25) is 0 Å². The Morgan fingerprint density at radius 3 is 2.42 bits per heavy atom. The fourth-order valence-electron chi connectivity index (χ4n) is 1.95. The van der Waals surface area contributed by atoms with Gasteiger partial charge in [-0.15, -0.1) is 0 Å². The topological polar surface area (TPSA) is 55.4 Å². The van der Waals surface area contributed by atoms with Crippen molar-refractivity contribution >= 4 is 15.7 Å². The average Bonchev–Trinajstić information content (AvgIpc) is 2.44. The fourth-order valence-corrected chi connectivity index (χ4v) is 3.25. The molecular weight excluding hydrogens is 350 g/mol. The van der Waals surface area contributed by atoms with Crippen molar-refractivity contribution in [3.63, 3.8) is 0 Å². The maximum atomic E-state index is 13.1. The summed E-state index contributed by atoms with van der Waals surface area (Å²) in [5, 5.41) is 0. The van der Waals surface area contributed by atoms with Crippen LogP contribution in [0.4, 0.5) is 23.2 Å². The van der Waals surface area contributed by atoms with Crippen LogP contribution in [0.1, 0.15) is 5.56 Å². The Balaban J connectivity index is 2.30. The lowest BCUT2D eigenvalue weighted by Gasteiger charge is -2.15. The van der Waals surface area contributed by atoms with E-state index in [1.165, 1.54) is 31.2 Å². The summed E-state index contributed by atoms with van der Waals surface area (Å²) in [6.45, 7) is -0.148. The summed E-state index contributed by atoms with van der Waals surface area (Å²) < 4.78 is 81.4. The summed E-state index contributed by atoms with van der Waals surface area (Å²) in [7, 11) is -4.11. The largest absolute Gasteiger partial charge is 0.482 e. The molecule has 0 spiro atoms. The van der Waals surface area contributed by atoms with Gasteiger partial charge in [0.2, 0.25) is 0 Å². The third kappa shape index (κ3) is 4.60. The maximum Gasteiger partial charge on any atom is 0.422 e. The van der Waals surface area contributed by atoms with E-state index in [1.54, 1.807) is 0 Å². The van der Waals surface area contributed by atoms with Gasteiger partial charge in [0.25, 0.3) is 10.0 Å². The first-order valence-electron chi connectivity index (χ1n) is 6.66. The van der Waals surface area contributed by atoms with Crippen molar-refractivity contribution in [3.8, 4) is 5.75 Å². The van der Waals surface area contributed by atoms with Crippen LogP contribution in [0.5, 0.6) is 5.75 Å². The van der Waals surface area contributed by atoms with Crippen molar-refractivity contribution in [1.82, 2.24) is 0 Å². The van der Waals surface area contributed by atoms with Gasteiger partial charge in [0, 0.05) is 0 Å².